The average molecular weight is 686 g/mol. The van der Waals surface area contributed by atoms with Crippen molar-refractivity contribution < 1.29 is 0 Å². The summed E-state index contributed by atoms with van der Waals surface area (Å²) in [7, 11) is 0. The predicted octanol–water partition coefficient (Wildman–Crippen LogP) is 13.3. The summed E-state index contributed by atoms with van der Waals surface area (Å²) < 4.78 is 7.68. The molecule has 0 atom stereocenters. The fourth-order valence-corrected chi connectivity index (χ4v) is 10.5. The lowest BCUT2D eigenvalue weighted by Gasteiger charge is -2.13. The molecule has 0 saturated carbocycles. The number of fused-ring (bicyclic) bond motifs is 11. The molecule has 238 valence electrons. The zero-order valence-corrected chi connectivity index (χ0v) is 28.9. The van der Waals surface area contributed by atoms with E-state index in [0.717, 1.165) is 28.2 Å². The van der Waals surface area contributed by atoms with Crippen LogP contribution in [0.1, 0.15) is 0 Å². The second-order valence-electron chi connectivity index (χ2n) is 13.0. The standard InChI is InChI=1S/C46H27N3S2/c1-3-12-28(13-4-1)32-18-11-19-33(26-32)37-27-39(48-46(47-37)31-16-5-2-6-17-31)49-41-35-21-10-8-15-30(35)22-24-36(41)43-42(49)45-44(51-43)40-34-20-9-7-14-29(34)23-25-38(40)50-45/h1-27H. The first-order valence-corrected chi connectivity index (χ1v) is 18.7. The van der Waals surface area contributed by atoms with Crippen molar-refractivity contribution >= 4 is 84.8 Å². The molecule has 0 unspecified atom stereocenters. The lowest BCUT2D eigenvalue weighted by Crippen LogP contribution is -2.02. The van der Waals surface area contributed by atoms with Crippen LogP contribution >= 0.6 is 22.7 Å². The van der Waals surface area contributed by atoms with Gasteiger partial charge in [0.25, 0.3) is 0 Å². The summed E-state index contributed by atoms with van der Waals surface area (Å²) in [6.07, 6.45) is 0. The lowest BCUT2D eigenvalue weighted by atomic mass is 10.0. The van der Waals surface area contributed by atoms with E-state index < -0.39 is 0 Å². The summed E-state index contributed by atoms with van der Waals surface area (Å²) in [6, 6.07) is 58.4. The van der Waals surface area contributed by atoms with Gasteiger partial charge in [-0.25, -0.2) is 9.97 Å². The van der Waals surface area contributed by atoms with Gasteiger partial charge in [0.15, 0.2) is 5.82 Å². The number of rotatable bonds is 4. The van der Waals surface area contributed by atoms with Gasteiger partial charge >= 0.3 is 0 Å². The van der Waals surface area contributed by atoms with Gasteiger partial charge in [0.05, 0.1) is 30.8 Å². The van der Waals surface area contributed by atoms with Crippen LogP contribution in [0.5, 0.6) is 0 Å². The maximum absolute atomic E-state index is 5.41. The number of aromatic nitrogens is 3. The summed E-state index contributed by atoms with van der Waals surface area (Å²) in [4.78, 5) is 10.7. The van der Waals surface area contributed by atoms with E-state index >= 15 is 0 Å². The molecule has 4 aromatic heterocycles. The van der Waals surface area contributed by atoms with Crippen molar-refractivity contribution in [2.45, 2.75) is 0 Å². The molecule has 0 spiro atoms. The Kier molecular flexibility index (Phi) is 6.29. The van der Waals surface area contributed by atoms with Gasteiger partial charge in [-0.3, -0.25) is 4.57 Å². The smallest absolute Gasteiger partial charge is 0.162 e. The van der Waals surface area contributed by atoms with Crippen molar-refractivity contribution in [1.29, 1.82) is 0 Å². The molecular weight excluding hydrogens is 659 g/mol. The monoisotopic (exact) mass is 685 g/mol. The van der Waals surface area contributed by atoms with Crippen molar-refractivity contribution in [2.24, 2.45) is 0 Å². The summed E-state index contributed by atoms with van der Waals surface area (Å²) >= 11 is 3.80. The molecule has 11 rings (SSSR count). The molecule has 11 aromatic rings. The fourth-order valence-electron chi connectivity index (χ4n) is 7.66. The Morgan fingerprint density at radius 1 is 0.412 bits per heavy atom. The van der Waals surface area contributed by atoms with E-state index in [-0.39, 0.29) is 0 Å². The molecule has 0 aliphatic carbocycles. The second-order valence-corrected chi connectivity index (χ2v) is 15.0. The predicted molar refractivity (Wildman–Crippen MR) is 218 cm³/mol. The topological polar surface area (TPSA) is 30.7 Å². The Balaban J connectivity index is 1.27. The zero-order chi connectivity index (χ0) is 33.5. The van der Waals surface area contributed by atoms with E-state index in [1.807, 2.05) is 28.7 Å². The van der Waals surface area contributed by atoms with Crippen LogP contribution in [-0.4, -0.2) is 14.5 Å². The summed E-state index contributed by atoms with van der Waals surface area (Å²) in [5.74, 6) is 1.57. The number of hydrogen-bond acceptors (Lipinski definition) is 4. The maximum Gasteiger partial charge on any atom is 0.162 e. The highest BCUT2D eigenvalue weighted by molar-refractivity contribution is 7.37. The first-order valence-electron chi connectivity index (χ1n) is 17.1. The van der Waals surface area contributed by atoms with E-state index in [2.05, 4.69) is 162 Å². The van der Waals surface area contributed by atoms with Gasteiger partial charge in [-0.15, -0.1) is 22.7 Å². The van der Waals surface area contributed by atoms with Crippen LogP contribution in [0.25, 0.3) is 102 Å². The van der Waals surface area contributed by atoms with Crippen molar-refractivity contribution in [3.8, 4) is 39.6 Å². The first kappa shape index (κ1) is 28.7. The first-order chi connectivity index (χ1) is 25.3. The highest BCUT2D eigenvalue weighted by Crippen LogP contribution is 2.51. The zero-order valence-electron chi connectivity index (χ0n) is 27.2. The molecule has 0 N–H and O–H groups in total. The van der Waals surface area contributed by atoms with E-state index in [1.165, 1.54) is 67.7 Å². The lowest BCUT2D eigenvalue weighted by molar-refractivity contribution is 1.05. The van der Waals surface area contributed by atoms with Gasteiger partial charge in [-0.1, -0.05) is 146 Å². The van der Waals surface area contributed by atoms with Crippen LogP contribution in [0.4, 0.5) is 0 Å². The van der Waals surface area contributed by atoms with Gasteiger partial charge in [0.2, 0.25) is 0 Å². The van der Waals surface area contributed by atoms with Crippen LogP contribution in [0, 0.1) is 0 Å². The minimum Gasteiger partial charge on any atom is -0.291 e. The number of nitrogens with zero attached hydrogens (tertiary/aromatic N) is 3. The normalized spacial score (nSPS) is 11.9. The summed E-state index contributed by atoms with van der Waals surface area (Å²) in [5.41, 5.74) is 7.67. The van der Waals surface area contributed by atoms with E-state index in [0.29, 0.717) is 5.82 Å². The van der Waals surface area contributed by atoms with Gasteiger partial charge < -0.3 is 0 Å². The molecule has 3 nitrogen and oxygen atoms in total. The highest BCUT2D eigenvalue weighted by atomic mass is 32.1. The van der Waals surface area contributed by atoms with Gasteiger partial charge in [0, 0.05) is 38.1 Å². The Morgan fingerprint density at radius 3 is 1.90 bits per heavy atom. The highest BCUT2D eigenvalue weighted by Gasteiger charge is 2.24. The van der Waals surface area contributed by atoms with E-state index in [1.54, 1.807) is 0 Å². The minimum atomic E-state index is 0.706. The number of benzene rings is 7. The van der Waals surface area contributed by atoms with Gasteiger partial charge in [0.1, 0.15) is 5.82 Å². The van der Waals surface area contributed by atoms with Crippen LogP contribution in [0.15, 0.2) is 164 Å². The van der Waals surface area contributed by atoms with Crippen molar-refractivity contribution in [3.05, 3.63) is 164 Å². The van der Waals surface area contributed by atoms with Crippen LogP contribution in [-0.2, 0) is 0 Å². The van der Waals surface area contributed by atoms with Gasteiger partial charge in [-0.2, -0.15) is 0 Å². The van der Waals surface area contributed by atoms with Crippen molar-refractivity contribution in [1.82, 2.24) is 14.5 Å². The molecule has 51 heavy (non-hydrogen) atoms. The molecule has 0 aliphatic rings. The fraction of sp³-hybridized carbons (Fsp3) is 0. The molecule has 0 aliphatic heterocycles. The van der Waals surface area contributed by atoms with Crippen LogP contribution < -0.4 is 0 Å². The van der Waals surface area contributed by atoms with Crippen molar-refractivity contribution in [2.75, 3.05) is 0 Å². The molecule has 0 fully saturated rings. The molecule has 0 bridgehead atoms. The Hall–Kier alpha value is -6.14. The largest absolute Gasteiger partial charge is 0.291 e. The third-order valence-electron chi connectivity index (χ3n) is 10.0. The molecule has 7 aromatic carbocycles. The summed E-state index contributed by atoms with van der Waals surface area (Å²) in [5, 5.41) is 7.60. The van der Waals surface area contributed by atoms with Crippen molar-refractivity contribution in [3.63, 3.8) is 0 Å². The third kappa shape index (κ3) is 4.42. The maximum atomic E-state index is 5.41. The molecule has 0 saturated heterocycles. The molecule has 0 amide bonds. The molecule has 5 heteroatoms. The third-order valence-corrected chi connectivity index (χ3v) is 12.5. The Morgan fingerprint density at radius 2 is 1.08 bits per heavy atom. The second kappa shape index (κ2) is 11.2. The van der Waals surface area contributed by atoms with E-state index in [9.17, 15) is 0 Å². The summed E-state index contributed by atoms with van der Waals surface area (Å²) in [6.45, 7) is 0. The minimum absolute atomic E-state index is 0.706. The molecule has 4 heterocycles. The SMILES string of the molecule is c1ccc(-c2cccc(-c3cc(-n4c5c6ccccc6ccc5c5sc6c(sc7ccc8ccccc8c76)c54)nc(-c4ccccc4)n3)c2)cc1. The quantitative estimate of drug-likeness (QED) is 0.185. The Bertz CT molecular complexity index is 3130. The number of thiophene rings is 2. The van der Waals surface area contributed by atoms with Crippen LogP contribution in [0.2, 0.25) is 0 Å². The van der Waals surface area contributed by atoms with Crippen LogP contribution in [0.3, 0.4) is 0 Å². The number of hydrogen-bond donors (Lipinski definition) is 0. The van der Waals surface area contributed by atoms with Gasteiger partial charge in [-0.05, 0) is 39.4 Å². The molecule has 0 radical (unpaired) electrons. The van der Waals surface area contributed by atoms with E-state index in [4.69, 9.17) is 9.97 Å². The average Bonchev–Trinajstić information content (AvgIpc) is 3.86. The Labute approximate surface area is 301 Å². The molecular formula is C46H27N3S2.